The Bertz CT molecular complexity index is 1010. The maximum atomic E-state index is 11.2. The lowest BCUT2D eigenvalue weighted by Crippen LogP contribution is -2.22. The van der Waals surface area contributed by atoms with E-state index >= 15 is 0 Å². The number of benzene rings is 1. The summed E-state index contributed by atoms with van der Waals surface area (Å²) in [6.45, 7) is 0.221. The highest BCUT2D eigenvalue weighted by Crippen LogP contribution is 2.42. The lowest BCUT2D eigenvalue weighted by molar-refractivity contribution is 0.598. The van der Waals surface area contributed by atoms with E-state index in [1.807, 2.05) is 30.3 Å². The fourth-order valence-electron chi connectivity index (χ4n) is 2.75. The summed E-state index contributed by atoms with van der Waals surface area (Å²) in [6, 6.07) is 10.1. The molecule has 0 unspecified atom stereocenters. The van der Waals surface area contributed by atoms with Crippen molar-refractivity contribution in [2.45, 2.75) is 18.8 Å². The van der Waals surface area contributed by atoms with Gasteiger partial charge >= 0.3 is 0 Å². The van der Waals surface area contributed by atoms with Crippen LogP contribution in [0.2, 0.25) is 0 Å². The zero-order valence-corrected chi connectivity index (χ0v) is 15.1. The first-order chi connectivity index (χ1) is 12.0. The third-order valence-corrected chi connectivity index (χ3v) is 5.80. The van der Waals surface area contributed by atoms with Gasteiger partial charge in [0.25, 0.3) is 0 Å². The molecule has 1 fully saturated rings. The second-order valence-corrected chi connectivity index (χ2v) is 8.79. The van der Waals surface area contributed by atoms with Gasteiger partial charge in [-0.15, -0.1) is 11.3 Å². The molecule has 0 saturated heterocycles. The first-order valence-electron chi connectivity index (χ1n) is 8.10. The van der Waals surface area contributed by atoms with E-state index in [2.05, 4.69) is 15.7 Å². The number of sulfonamides is 1. The molecule has 3 N–H and O–H groups in total. The number of primary sulfonamides is 1. The van der Waals surface area contributed by atoms with Crippen LogP contribution in [-0.2, 0) is 10.0 Å². The number of anilines is 1. The van der Waals surface area contributed by atoms with Gasteiger partial charge < -0.3 is 5.32 Å². The standard InChI is InChI=1S/C17H18N4O2S2/c18-25(22,23)9-8-19-16-14-13(11-4-2-1-3-5-11)10-24-17(14)21-15(20-16)12-6-7-12/h1-5,10,12H,6-9H2,(H2,18,22,23)(H,19,20,21). The lowest BCUT2D eigenvalue weighted by atomic mass is 10.1. The van der Waals surface area contributed by atoms with Gasteiger partial charge in [0, 0.05) is 23.4 Å². The summed E-state index contributed by atoms with van der Waals surface area (Å²) in [5, 5.41) is 11.3. The maximum Gasteiger partial charge on any atom is 0.210 e. The van der Waals surface area contributed by atoms with E-state index in [9.17, 15) is 8.42 Å². The van der Waals surface area contributed by atoms with Crippen LogP contribution >= 0.6 is 11.3 Å². The number of fused-ring (bicyclic) bond motifs is 1. The number of hydrogen-bond donors (Lipinski definition) is 2. The summed E-state index contributed by atoms with van der Waals surface area (Å²) < 4.78 is 22.4. The van der Waals surface area contributed by atoms with Gasteiger partial charge in [-0.25, -0.2) is 23.5 Å². The highest BCUT2D eigenvalue weighted by Gasteiger charge is 2.28. The van der Waals surface area contributed by atoms with Gasteiger partial charge in [0.2, 0.25) is 10.0 Å². The molecular weight excluding hydrogens is 356 g/mol. The van der Waals surface area contributed by atoms with E-state index in [1.165, 1.54) is 0 Å². The molecule has 0 radical (unpaired) electrons. The third-order valence-electron chi connectivity index (χ3n) is 4.16. The van der Waals surface area contributed by atoms with Gasteiger partial charge in [0.1, 0.15) is 16.5 Å². The van der Waals surface area contributed by atoms with Crippen LogP contribution in [0.5, 0.6) is 0 Å². The summed E-state index contributed by atoms with van der Waals surface area (Å²) in [5.74, 6) is 1.82. The average molecular weight is 374 g/mol. The summed E-state index contributed by atoms with van der Waals surface area (Å²) in [4.78, 5) is 10.3. The van der Waals surface area contributed by atoms with E-state index in [0.29, 0.717) is 11.7 Å². The van der Waals surface area contributed by atoms with Crippen molar-refractivity contribution in [3.05, 3.63) is 41.5 Å². The Hall–Kier alpha value is -2.03. The SMILES string of the molecule is NS(=O)(=O)CCNc1nc(C2CC2)nc2scc(-c3ccccc3)c12. The minimum absolute atomic E-state index is 0.137. The molecule has 1 aliphatic rings. The van der Waals surface area contributed by atoms with Crippen LogP contribution in [0.4, 0.5) is 5.82 Å². The predicted octanol–water partition coefficient (Wildman–Crippen LogP) is 2.94. The van der Waals surface area contributed by atoms with Gasteiger partial charge in [-0.2, -0.15) is 0 Å². The molecule has 4 rings (SSSR count). The molecule has 2 heterocycles. The van der Waals surface area contributed by atoms with Crippen molar-refractivity contribution < 1.29 is 8.42 Å². The quantitative estimate of drug-likeness (QED) is 0.691. The summed E-state index contributed by atoms with van der Waals surface area (Å²) in [5.41, 5.74) is 2.15. The number of nitrogens with zero attached hydrogens (tertiary/aromatic N) is 2. The van der Waals surface area contributed by atoms with E-state index < -0.39 is 10.0 Å². The normalized spacial score (nSPS) is 14.8. The number of nitrogens with one attached hydrogen (secondary N) is 1. The van der Waals surface area contributed by atoms with Crippen molar-refractivity contribution in [3.8, 4) is 11.1 Å². The maximum absolute atomic E-state index is 11.2. The number of nitrogens with two attached hydrogens (primary N) is 1. The molecule has 6 nitrogen and oxygen atoms in total. The highest BCUT2D eigenvalue weighted by atomic mass is 32.2. The Balaban J connectivity index is 1.78. The van der Waals surface area contributed by atoms with Gasteiger partial charge in [0.15, 0.2) is 0 Å². The topological polar surface area (TPSA) is 98.0 Å². The van der Waals surface area contributed by atoms with Crippen molar-refractivity contribution in [3.63, 3.8) is 0 Å². The molecule has 0 bridgehead atoms. The fraction of sp³-hybridized carbons (Fsp3) is 0.294. The minimum atomic E-state index is -3.51. The fourth-order valence-corrected chi connectivity index (χ4v) is 4.09. The van der Waals surface area contributed by atoms with Crippen LogP contribution in [0.15, 0.2) is 35.7 Å². The first kappa shape index (κ1) is 16.4. The minimum Gasteiger partial charge on any atom is -0.368 e. The second kappa shape index (κ2) is 6.36. The molecule has 1 aromatic carbocycles. The van der Waals surface area contributed by atoms with E-state index in [1.54, 1.807) is 11.3 Å². The second-order valence-electron chi connectivity index (χ2n) is 6.19. The zero-order valence-electron chi connectivity index (χ0n) is 13.5. The monoisotopic (exact) mass is 374 g/mol. The van der Waals surface area contributed by atoms with Gasteiger partial charge in [-0.3, -0.25) is 0 Å². The number of rotatable bonds is 6. The molecule has 25 heavy (non-hydrogen) atoms. The van der Waals surface area contributed by atoms with Crippen LogP contribution in [0.3, 0.4) is 0 Å². The molecule has 2 aromatic heterocycles. The van der Waals surface area contributed by atoms with Gasteiger partial charge in [-0.1, -0.05) is 30.3 Å². The van der Waals surface area contributed by atoms with Crippen LogP contribution < -0.4 is 10.5 Å². The smallest absolute Gasteiger partial charge is 0.210 e. The largest absolute Gasteiger partial charge is 0.368 e. The first-order valence-corrected chi connectivity index (χ1v) is 10.7. The van der Waals surface area contributed by atoms with Crippen molar-refractivity contribution in [1.29, 1.82) is 0 Å². The molecule has 1 saturated carbocycles. The summed E-state index contributed by atoms with van der Waals surface area (Å²) >= 11 is 1.59. The Morgan fingerprint density at radius 2 is 1.96 bits per heavy atom. The Kier molecular flexibility index (Phi) is 4.18. The van der Waals surface area contributed by atoms with Crippen LogP contribution in [0.25, 0.3) is 21.3 Å². The average Bonchev–Trinajstić information content (AvgIpc) is 3.34. The predicted molar refractivity (Wildman–Crippen MR) is 101 cm³/mol. The van der Waals surface area contributed by atoms with Crippen molar-refractivity contribution in [2.24, 2.45) is 5.14 Å². The van der Waals surface area contributed by atoms with Crippen molar-refractivity contribution in [1.82, 2.24) is 9.97 Å². The summed E-state index contributed by atoms with van der Waals surface area (Å²) in [6.07, 6.45) is 2.22. The zero-order chi connectivity index (χ0) is 17.4. The molecule has 1 aliphatic carbocycles. The number of hydrogen-bond acceptors (Lipinski definition) is 6. The lowest BCUT2D eigenvalue weighted by Gasteiger charge is -2.10. The van der Waals surface area contributed by atoms with E-state index in [4.69, 9.17) is 10.1 Å². The van der Waals surface area contributed by atoms with Gasteiger partial charge in [-0.05, 0) is 18.4 Å². The molecule has 8 heteroatoms. The molecule has 0 amide bonds. The third kappa shape index (κ3) is 3.65. The van der Waals surface area contributed by atoms with Crippen LogP contribution in [-0.4, -0.2) is 30.7 Å². The molecule has 0 aliphatic heterocycles. The number of thiophene rings is 1. The molecule has 3 aromatic rings. The summed E-state index contributed by atoms with van der Waals surface area (Å²) in [7, 11) is -3.51. The molecular formula is C17H18N4O2S2. The number of aromatic nitrogens is 2. The Labute approximate surface area is 150 Å². The van der Waals surface area contributed by atoms with Crippen LogP contribution in [0, 0.1) is 0 Å². The Morgan fingerprint density at radius 1 is 1.20 bits per heavy atom. The van der Waals surface area contributed by atoms with E-state index in [0.717, 1.165) is 40.0 Å². The molecule has 130 valence electrons. The van der Waals surface area contributed by atoms with Crippen molar-refractivity contribution in [2.75, 3.05) is 17.6 Å². The van der Waals surface area contributed by atoms with E-state index in [-0.39, 0.29) is 12.3 Å². The van der Waals surface area contributed by atoms with Crippen LogP contribution in [0.1, 0.15) is 24.6 Å². The molecule has 0 atom stereocenters. The highest BCUT2D eigenvalue weighted by molar-refractivity contribution is 7.89. The Morgan fingerprint density at radius 3 is 2.64 bits per heavy atom. The van der Waals surface area contributed by atoms with Crippen molar-refractivity contribution >= 4 is 37.4 Å². The molecule has 0 spiro atoms. The van der Waals surface area contributed by atoms with Gasteiger partial charge in [0.05, 0.1) is 11.1 Å².